The Kier molecular flexibility index (Phi) is 4.41. The van der Waals surface area contributed by atoms with E-state index in [1.807, 2.05) is 31.4 Å². The molecule has 1 amide bonds. The Hall–Kier alpha value is -3.75. The first-order valence-corrected chi connectivity index (χ1v) is 10.9. The standard InChI is InChI=1S/C23H23N7O2/c1-24-21-17-9-25-19(27-23(31)14-4-5-14)8-16(17)18(10-26-21)22-28-20-7-6-15(11-30(20)29-22)32-12-13-2-3-13/h6-11,13-14H,2-5,12H2,1H3,(H,24,26)(H,25,27,31). The number of anilines is 2. The van der Waals surface area contributed by atoms with Gasteiger partial charge in [0.05, 0.1) is 12.8 Å². The molecule has 6 rings (SSSR count). The summed E-state index contributed by atoms with van der Waals surface area (Å²) in [6, 6.07) is 5.69. The molecule has 9 heteroatoms. The average molecular weight is 429 g/mol. The van der Waals surface area contributed by atoms with Gasteiger partial charge in [0.1, 0.15) is 17.4 Å². The molecule has 2 aliphatic carbocycles. The van der Waals surface area contributed by atoms with Crippen molar-refractivity contribution in [1.29, 1.82) is 0 Å². The van der Waals surface area contributed by atoms with Gasteiger partial charge in [-0.2, -0.15) is 0 Å². The summed E-state index contributed by atoms with van der Waals surface area (Å²) in [4.78, 5) is 25.9. The van der Waals surface area contributed by atoms with E-state index in [1.54, 1.807) is 16.9 Å². The zero-order valence-corrected chi connectivity index (χ0v) is 17.7. The minimum Gasteiger partial charge on any atom is -0.492 e. The van der Waals surface area contributed by atoms with Crippen molar-refractivity contribution in [3.05, 3.63) is 36.8 Å². The van der Waals surface area contributed by atoms with E-state index >= 15 is 0 Å². The number of rotatable bonds is 7. The van der Waals surface area contributed by atoms with Gasteiger partial charge in [0.15, 0.2) is 11.5 Å². The Balaban J connectivity index is 1.39. The Morgan fingerprint density at radius 1 is 1.16 bits per heavy atom. The quantitative estimate of drug-likeness (QED) is 0.463. The highest BCUT2D eigenvalue weighted by molar-refractivity contribution is 6.03. The van der Waals surface area contributed by atoms with Crippen LogP contribution in [0.2, 0.25) is 0 Å². The van der Waals surface area contributed by atoms with E-state index in [1.165, 1.54) is 12.8 Å². The molecule has 0 unspecified atom stereocenters. The van der Waals surface area contributed by atoms with Crippen LogP contribution in [0.3, 0.4) is 0 Å². The summed E-state index contributed by atoms with van der Waals surface area (Å²) in [6.07, 6.45) is 9.70. The van der Waals surface area contributed by atoms with Gasteiger partial charge in [0.2, 0.25) is 5.91 Å². The van der Waals surface area contributed by atoms with Crippen LogP contribution in [0.4, 0.5) is 11.6 Å². The molecule has 4 aromatic heterocycles. The third kappa shape index (κ3) is 3.59. The molecule has 2 N–H and O–H groups in total. The molecule has 4 aromatic rings. The third-order valence-corrected chi connectivity index (χ3v) is 5.94. The molecule has 2 fully saturated rings. The summed E-state index contributed by atoms with van der Waals surface area (Å²) in [5.74, 6) is 3.36. The second-order valence-corrected chi connectivity index (χ2v) is 8.51. The van der Waals surface area contributed by atoms with Crippen molar-refractivity contribution in [1.82, 2.24) is 24.6 Å². The monoisotopic (exact) mass is 429 g/mol. The van der Waals surface area contributed by atoms with Crippen LogP contribution >= 0.6 is 0 Å². The van der Waals surface area contributed by atoms with Crippen LogP contribution in [0.5, 0.6) is 5.75 Å². The van der Waals surface area contributed by atoms with E-state index in [0.29, 0.717) is 23.4 Å². The SMILES string of the molecule is CNc1ncc(-c2nc3ccc(OCC4CC4)cn3n2)c2cc(NC(=O)C3CC3)ncc12. The molecular weight excluding hydrogens is 406 g/mol. The van der Waals surface area contributed by atoms with Gasteiger partial charge < -0.3 is 15.4 Å². The van der Waals surface area contributed by atoms with Crippen molar-refractivity contribution in [2.75, 3.05) is 24.3 Å². The highest BCUT2D eigenvalue weighted by Gasteiger charge is 2.30. The molecule has 0 spiro atoms. The van der Waals surface area contributed by atoms with E-state index in [-0.39, 0.29) is 11.8 Å². The highest BCUT2D eigenvalue weighted by Crippen LogP contribution is 2.33. The normalized spacial score (nSPS) is 15.8. The van der Waals surface area contributed by atoms with Gasteiger partial charge in [-0.25, -0.2) is 19.5 Å². The first kappa shape index (κ1) is 19.0. The van der Waals surface area contributed by atoms with Crippen molar-refractivity contribution in [2.24, 2.45) is 11.8 Å². The molecule has 0 saturated heterocycles. The van der Waals surface area contributed by atoms with Crippen LogP contribution in [0.25, 0.3) is 27.8 Å². The first-order valence-electron chi connectivity index (χ1n) is 10.9. The number of carbonyl (C=O) groups is 1. The second kappa shape index (κ2) is 7.44. The molecule has 2 saturated carbocycles. The van der Waals surface area contributed by atoms with Crippen molar-refractivity contribution < 1.29 is 9.53 Å². The molecule has 0 aromatic carbocycles. The Labute approximate surface area is 184 Å². The molecule has 0 bridgehead atoms. The number of ether oxygens (including phenoxy) is 1. The summed E-state index contributed by atoms with van der Waals surface area (Å²) in [7, 11) is 1.82. The maximum absolute atomic E-state index is 12.2. The summed E-state index contributed by atoms with van der Waals surface area (Å²) in [5, 5.41) is 12.4. The third-order valence-electron chi connectivity index (χ3n) is 5.94. The molecule has 2 aliphatic rings. The van der Waals surface area contributed by atoms with Crippen LogP contribution < -0.4 is 15.4 Å². The van der Waals surface area contributed by atoms with Gasteiger partial charge in [0.25, 0.3) is 0 Å². The van der Waals surface area contributed by atoms with Crippen molar-refractivity contribution in [3.8, 4) is 17.1 Å². The second-order valence-electron chi connectivity index (χ2n) is 8.51. The lowest BCUT2D eigenvalue weighted by molar-refractivity contribution is -0.117. The minimum absolute atomic E-state index is 0.0193. The number of nitrogens with zero attached hydrogens (tertiary/aromatic N) is 5. The topological polar surface area (TPSA) is 106 Å². The zero-order valence-electron chi connectivity index (χ0n) is 17.7. The largest absolute Gasteiger partial charge is 0.492 e. The van der Waals surface area contributed by atoms with Crippen molar-refractivity contribution in [2.45, 2.75) is 25.7 Å². The summed E-state index contributed by atoms with van der Waals surface area (Å²) in [5.41, 5.74) is 1.49. The molecular formula is C23H23N7O2. The number of nitrogens with one attached hydrogen (secondary N) is 2. The predicted molar refractivity (Wildman–Crippen MR) is 121 cm³/mol. The molecule has 0 radical (unpaired) electrons. The number of carbonyl (C=O) groups excluding carboxylic acids is 1. The fourth-order valence-electron chi connectivity index (χ4n) is 3.72. The Morgan fingerprint density at radius 3 is 2.81 bits per heavy atom. The predicted octanol–water partition coefficient (Wildman–Crippen LogP) is 3.52. The maximum Gasteiger partial charge on any atom is 0.228 e. The fraction of sp³-hybridized carbons (Fsp3) is 0.348. The van der Waals surface area contributed by atoms with Crippen LogP contribution in [-0.2, 0) is 4.79 Å². The van der Waals surface area contributed by atoms with E-state index < -0.39 is 0 Å². The lowest BCUT2D eigenvalue weighted by Crippen LogP contribution is -2.14. The molecule has 32 heavy (non-hydrogen) atoms. The molecule has 9 nitrogen and oxygen atoms in total. The molecule has 0 aliphatic heterocycles. The highest BCUT2D eigenvalue weighted by atomic mass is 16.5. The van der Waals surface area contributed by atoms with E-state index in [2.05, 4.69) is 25.7 Å². The molecule has 0 atom stereocenters. The Morgan fingerprint density at radius 2 is 2.03 bits per heavy atom. The number of fused-ring (bicyclic) bond motifs is 2. The van der Waals surface area contributed by atoms with Crippen LogP contribution in [0.15, 0.2) is 36.8 Å². The molecule has 162 valence electrons. The van der Waals surface area contributed by atoms with Gasteiger partial charge in [-0.3, -0.25) is 4.79 Å². The van der Waals surface area contributed by atoms with Crippen LogP contribution in [0, 0.1) is 11.8 Å². The number of aromatic nitrogens is 5. The van der Waals surface area contributed by atoms with Gasteiger partial charge in [-0.15, -0.1) is 5.10 Å². The summed E-state index contributed by atoms with van der Waals surface area (Å²) >= 11 is 0. The smallest absolute Gasteiger partial charge is 0.228 e. The number of amides is 1. The van der Waals surface area contributed by atoms with Crippen LogP contribution in [0.1, 0.15) is 25.7 Å². The number of hydrogen-bond acceptors (Lipinski definition) is 7. The summed E-state index contributed by atoms with van der Waals surface area (Å²) < 4.78 is 7.60. The zero-order chi connectivity index (χ0) is 21.7. The van der Waals surface area contributed by atoms with Gasteiger partial charge in [0, 0.05) is 41.7 Å². The van der Waals surface area contributed by atoms with Crippen LogP contribution in [-0.4, -0.2) is 44.1 Å². The number of pyridine rings is 3. The molecule has 4 heterocycles. The van der Waals surface area contributed by atoms with E-state index in [4.69, 9.17) is 9.72 Å². The lowest BCUT2D eigenvalue weighted by Gasteiger charge is -2.10. The van der Waals surface area contributed by atoms with Crippen molar-refractivity contribution >= 4 is 34.0 Å². The number of hydrogen-bond donors (Lipinski definition) is 2. The van der Waals surface area contributed by atoms with Crippen molar-refractivity contribution in [3.63, 3.8) is 0 Å². The van der Waals surface area contributed by atoms with Gasteiger partial charge in [-0.1, -0.05) is 0 Å². The first-order chi connectivity index (χ1) is 15.7. The van der Waals surface area contributed by atoms with Gasteiger partial charge >= 0.3 is 0 Å². The van der Waals surface area contributed by atoms with E-state index in [9.17, 15) is 4.79 Å². The Bertz CT molecular complexity index is 1340. The minimum atomic E-state index is 0.0193. The van der Waals surface area contributed by atoms with Gasteiger partial charge in [-0.05, 0) is 49.8 Å². The average Bonchev–Trinajstić information content (AvgIpc) is 3.73. The maximum atomic E-state index is 12.2. The fourth-order valence-corrected chi connectivity index (χ4v) is 3.72. The summed E-state index contributed by atoms with van der Waals surface area (Å²) in [6.45, 7) is 0.745. The lowest BCUT2D eigenvalue weighted by atomic mass is 10.1. The van der Waals surface area contributed by atoms with E-state index in [0.717, 1.165) is 47.2 Å².